The molecule has 16 heavy (non-hydrogen) atoms. The molecule has 1 aliphatic heterocycles. The van der Waals surface area contributed by atoms with Gasteiger partial charge in [0.05, 0.1) is 14.2 Å². The minimum Gasteiger partial charge on any atom is -0.496 e. The Morgan fingerprint density at radius 1 is 1.12 bits per heavy atom. The quantitative estimate of drug-likeness (QED) is 0.779. The number of benzene rings is 1. The van der Waals surface area contributed by atoms with Gasteiger partial charge in [-0.3, -0.25) is 0 Å². The van der Waals surface area contributed by atoms with Crippen LogP contribution >= 0.6 is 0 Å². The number of rotatable bonds is 3. The number of methoxy groups -OCH3 is 2. The van der Waals surface area contributed by atoms with Crippen molar-refractivity contribution in [3.8, 4) is 11.5 Å². The zero-order valence-electron chi connectivity index (χ0n) is 10.4. The van der Waals surface area contributed by atoms with Gasteiger partial charge in [-0.15, -0.1) is 0 Å². The Bertz CT molecular complexity index is 359. The van der Waals surface area contributed by atoms with E-state index < -0.39 is 0 Å². The SMILES string of the molecule is COc1cc(C)cc(OC)c1C1CN(C)C1. The maximum absolute atomic E-state index is 5.46. The first-order valence-electron chi connectivity index (χ1n) is 5.56. The summed E-state index contributed by atoms with van der Waals surface area (Å²) in [6.45, 7) is 4.22. The summed E-state index contributed by atoms with van der Waals surface area (Å²) in [5.41, 5.74) is 2.39. The Morgan fingerprint density at radius 2 is 1.62 bits per heavy atom. The van der Waals surface area contributed by atoms with E-state index in [-0.39, 0.29) is 0 Å². The lowest BCUT2D eigenvalue weighted by atomic mass is 9.89. The van der Waals surface area contributed by atoms with Gasteiger partial charge in [0.15, 0.2) is 0 Å². The van der Waals surface area contributed by atoms with Crippen LogP contribution < -0.4 is 9.47 Å². The summed E-state index contributed by atoms with van der Waals surface area (Å²) < 4.78 is 10.9. The second-order valence-electron chi connectivity index (χ2n) is 4.50. The summed E-state index contributed by atoms with van der Waals surface area (Å²) in [6.07, 6.45) is 0. The molecule has 0 bridgehead atoms. The van der Waals surface area contributed by atoms with E-state index in [1.165, 1.54) is 11.1 Å². The van der Waals surface area contributed by atoms with Gasteiger partial charge in [-0.05, 0) is 31.7 Å². The fourth-order valence-electron chi connectivity index (χ4n) is 2.35. The van der Waals surface area contributed by atoms with E-state index >= 15 is 0 Å². The summed E-state index contributed by atoms with van der Waals surface area (Å²) in [5.74, 6) is 2.44. The highest BCUT2D eigenvalue weighted by Crippen LogP contribution is 2.40. The van der Waals surface area contributed by atoms with Crippen LogP contribution in [-0.2, 0) is 0 Å². The predicted octanol–water partition coefficient (Wildman–Crippen LogP) is 2.04. The van der Waals surface area contributed by atoms with Crippen molar-refractivity contribution in [2.75, 3.05) is 34.4 Å². The minimum absolute atomic E-state index is 0.537. The highest BCUT2D eigenvalue weighted by Gasteiger charge is 2.30. The van der Waals surface area contributed by atoms with Gasteiger partial charge in [0.1, 0.15) is 11.5 Å². The van der Waals surface area contributed by atoms with Crippen molar-refractivity contribution in [1.29, 1.82) is 0 Å². The second kappa shape index (κ2) is 4.34. The third-order valence-corrected chi connectivity index (χ3v) is 3.16. The largest absolute Gasteiger partial charge is 0.496 e. The summed E-state index contributed by atoms with van der Waals surface area (Å²) in [7, 11) is 5.57. The van der Waals surface area contributed by atoms with Crippen molar-refractivity contribution in [2.24, 2.45) is 0 Å². The fraction of sp³-hybridized carbons (Fsp3) is 0.538. The van der Waals surface area contributed by atoms with Gasteiger partial charge < -0.3 is 14.4 Å². The summed E-state index contributed by atoms with van der Waals surface area (Å²) in [5, 5.41) is 0. The van der Waals surface area contributed by atoms with Gasteiger partial charge in [-0.25, -0.2) is 0 Å². The highest BCUT2D eigenvalue weighted by molar-refractivity contribution is 5.51. The molecule has 0 radical (unpaired) electrons. The standard InChI is InChI=1S/C13H19NO2/c1-9-5-11(15-3)13(12(6-9)16-4)10-7-14(2)8-10/h5-6,10H,7-8H2,1-4H3. The molecule has 88 valence electrons. The van der Waals surface area contributed by atoms with Crippen LogP contribution in [0.4, 0.5) is 0 Å². The molecule has 1 aromatic carbocycles. The van der Waals surface area contributed by atoms with E-state index in [1.807, 2.05) is 0 Å². The van der Waals surface area contributed by atoms with Crippen LogP contribution in [-0.4, -0.2) is 39.3 Å². The molecule has 1 aliphatic rings. The minimum atomic E-state index is 0.537. The molecule has 0 spiro atoms. The first kappa shape index (κ1) is 11.3. The normalized spacial score (nSPS) is 17.0. The number of aryl methyl sites for hydroxylation is 1. The molecule has 0 aromatic heterocycles. The summed E-state index contributed by atoms with van der Waals surface area (Å²) >= 11 is 0. The zero-order valence-corrected chi connectivity index (χ0v) is 10.4. The number of likely N-dealkylation sites (tertiary alicyclic amines) is 1. The van der Waals surface area contributed by atoms with Crippen LogP contribution in [0.3, 0.4) is 0 Å². The molecule has 0 unspecified atom stereocenters. The predicted molar refractivity (Wildman–Crippen MR) is 64.5 cm³/mol. The number of ether oxygens (including phenoxy) is 2. The third-order valence-electron chi connectivity index (χ3n) is 3.16. The third kappa shape index (κ3) is 1.87. The monoisotopic (exact) mass is 221 g/mol. The van der Waals surface area contributed by atoms with E-state index in [2.05, 4.69) is 31.0 Å². The van der Waals surface area contributed by atoms with Gasteiger partial charge in [0.2, 0.25) is 0 Å². The number of nitrogens with zero attached hydrogens (tertiary/aromatic N) is 1. The van der Waals surface area contributed by atoms with E-state index in [0.29, 0.717) is 5.92 Å². The van der Waals surface area contributed by atoms with Crippen LogP contribution in [0.25, 0.3) is 0 Å². The lowest BCUT2D eigenvalue weighted by Gasteiger charge is -2.37. The van der Waals surface area contributed by atoms with Gasteiger partial charge in [-0.1, -0.05) is 0 Å². The highest BCUT2D eigenvalue weighted by atomic mass is 16.5. The first-order valence-corrected chi connectivity index (χ1v) is 5.56. The molecule has 0 aliphatic carbocycles. The zero-order chi connectivity index (χ0) is 11.7. The number of hydrogen-bond donors (Lipinski definition) is 0. The molecule has 1 fully saturated rings. The molecule has 3 heteroatoms. The molecule has 2 rings (SSSR count). The smallest absolute Gasteiger partial charge is 0.126 e. The van der Waals surface area contributed by atoms with Gasteiger partial charge in [0.25, 0.3) is 0 Å². The molecule has 0 saturated carbocycles. The fourth-order valence-corrected chi connectivity index (χ4v) is 2.35. The van der Waals surface area contributed by atoms with Crippen LogP contribution in [0, 0.1) is 6.92 Å². The number of likely N-dealkylation sites (N-methyl/N-ethyl adjacent to an activating group) is 1. The average molecular weight is 221 g/mol. The molecule has 1 heterocycles. The van der Waals surface area contributed by atoms with Crippen LogP contribution in [0.15, 0.2) is 12.1 Å². The van der Waals surface area contributed by atoms with E-state index in [4.69, 9.17) is 9.47 Å². The molecule has 3 nitrogen and oxygen atoms in total. The van der Waals surface area contributed by atoms with Crippen molar-refractivity contribution in [2.45, 2.75) is 12.8 Å². The number of hydrogen-bond acceptors (Lipinski definition) is 3. The molecular formula is C13H19NO2. The van der Waals surface area contributed by atoms with Crippen molar-refractivity contribution in [3.05, 3.63) is 23.3 Å². The Labute approximate surface area is 97.0 Å². The summed E-state index contributed by atoms with van der Waals surface area (Å²) in [6, 6.07) is 4.16. The molecule has 0 atom stereocenters. The van der Waals surface area contributed by atoms with Crippen LogP contribution in [0.1, 0.15) is 17.0 Å². The van der Waals surface area contributed by atoms with Crippen molar-refractivity contribution < 1.29 is 9.47 Å². The van der Waals surface area contributed by atoms with Gasteiger partial charge in [-0.2, -0.15) is 0 Å². The van der Waals surface area contributed by atoms with Crippen molar-refractivity contribution in [1.82, 2.24) is 4.90 Å². The van der Waals surface area contributed by atoms with Gasteiger partial charge >= 0.3 is 0 Å². The topological polar surface area (TPSA) is 21.7 Å². The van der Waals surface area contributed by atoms with Crippen LogP contribution in [0.2, 0.25) is 0 Å². The molecule has 0 N–H and O–H groups in total. The molecule has 1 aromatic rings. The maximum Gasteiger partial charge on any atom is 0.126 e. The summed E-state index contributed by atoms with van der Waals surface area (Å²) in [4.78, 5) is 2.30. The van der Waals surface area contributed by atoms with E-state index in [0.717, 1.165) is 24.6 Å². The Morgan fingerprint density at radius 3 is 2.00 bits per heavy atom. The lowest BCUT2D eigenvalue weighted by molar-refractivity contribution is 0.183. The lowest BCUT2D eigenvalue weighted by Crippen LogP contribution is -2.42. The van der Waals surface area contributed by atoms with Gasteiger partial charge in [0, 0.05) is 24.6 Å². The molecular weight excluding hydrogens is 202 g/mol. The van der Waals surface area contributed by atoms with Crippen molar-refractivity contribution in [3.63, 3.8) is 0 Å². The first-order chi connectivity index (χ1) is 7.65. The van der Waals surface area contributed by atoms with E-state index in [9.17, 15) is 0 Å². The molecule has 1 saturated heterocycles. The Balaban J connectivity index is 2.40. The van der Waals surface area contributed by atoms with Crippen LogP contribution in [0.5, 0.6) is 11.5 Å². The van der Waals surface area contributed by atoms with E-state index in [1.54, 1.807) is 14.2 Å². The maximum atomic E-state index is 5.46. The Hall–Kier alpha value is -1.22. The van der Waals surface area contributed by atoms with Crippen molar-refractivity contribution >= 4 is 0 Å². The molecule has 0 amide bonds. The average Bonchev–Trinajstić information content (AvgIpc) is 2.24. The second-order valence-corrected chi connectivity index (χ2v) is 4.50. The Kier molecular flexibility index (Phi) is 3.06.